The second-order valence-corrected chi connectivity index (χ2v) is 2.30. The van der Waals surface area contributed by atoms with E-state index >= 15 is 0 Å². The van der Waals surface area contributed by atoms with Crippen LogP contribution in [0.1, 0.15) is 40.0 Å². The quantitative estimate of drug-likeness (QED) is 0.601. The highest BCUT2D eigenvalue weighted by molar-refractivity contribution is 5.85. The third-order valence-electron chi connectivity index (χ3n) is 1.11. The zero-order valence-corrected chi connectivity index (χ0v) is 9.93. The Kier molecular flexibility index (Phi) is 16.7. The minimum atomic E-state index is -0.745. The molecule has 90 valence electrons. The predicted octanol–water partition coefficient (Wildman–Crippen LogP) is 1.78. The first kappa shape index (κ1) is 19.5. The third kappa shape index (κ3) is 19.3. The fourth-order valence-electron chi connectivity index (χ4n) is 0.271. The van der Waals surface area contributed by atoms with E-state index in [0.717, 1.165) is 0 Å². The van der Waals surface area contributed by atoms with Crippen LogP contribution in [0, 0.1) is 0 Å². The molecule has 0 atom stereocenters. The Labute approximate surface area is 95.2 Å². The van der Waals surface area contributed by atoms with E-state index in [1.807, 2.05) is 0 Å². The summed E-state index contributed by atoms with van der Waals surface area (Å²) in [4.78, 5) is 30.0. The number of halogens is 1. The Balaban J connectivity index is -0.000000208. The van der Waals surface area contributed by atoms with Gasteiger partial charge in [-0.05, 0) is 0 Å². The molecule has 0 aliphatic carbocycles. The summed E-state index contributed by atoms with van der Waals surface area (Å²) < 4.78 is 4.27. The topological polar surface area (TPSA) is 80.7 Å². The van der Waals surface area contributed by atoms with Gasteiger partial charge in [-0.2, -0.15) is 0 Å². The molecule has 0 radical (unpaired) electrons. The first-order chi connectivity index (χ1) is 6.47. The van der Waals surface area contributed by atoms with E-state index in [1.54, 1.807) is 20.8 Å². The molecule has 0 saturated carbocycles. The highest BCUT2D eigenvalue weighted by Gasteiger charge is 2.03. The molecule has 0 spiro atoms. The number of aliphatic carboxylic acids is 1. The molecule has 6 heteroatoms. The number of rotatable bonds is 3. The van der Waals surface area contributed by atoms with Crippen LogP contribution in [0.4, 0.5) is 0 Å². The largest absolute Gasteiger partial charge is 0.481 e. The first-order valence-corrected chi connectivity index (χ1v) is 4.43. The smallest absolute Gasteiger partial charge is 0.313 e. The van der Waals surface area contributed by atoms with Crippen molar-refractivity contribution in [3.63, 3.8) is 0 Å². The first-order valence-electron chi connectivity index (χ1n) is 4.43. The van der Waals surface area contributed by atoms with Crippen molar-refractivity contribution < 1.29 is 24.2 Å². The normalized spacial score (nSPS) is 7.67. The SMILES string of the molecule is CCC(=O)O.CCC(=O)OC(=O)CC.Cl. The van der Waals surface area contributed by atoms with Crippen LogP contribution >= 0.6 is 12.4 Å². The summed E-state index contributed by atoms with van der Waals surface area (Å²) in [6.45, 7) is 4.89. The molecule has 5 nitrogen and oxygen atoms in total. The lowest BCUT2D eigenvalue weighted by Gasteiger charge is -1.95. The van der Waals surface area contributed by atoms with Crippen LogP contribution in [0.25, 0.3) is 0 Å². The molecule has 0 aromatic rings. The van der Waals surface area contributed by atoms with E-state index < -0.39 is 17.9 Å². The lowest BCUT2D eigenvalue weighted by molar-refractivity contribution is -0.159. The van der Waals surface area contributed by atoms with Crippen molar-refractivity contribution in [2.24, 2.45) is 0 Å². The summed E-state index contributed by atoms with van der Waals surface area (Å²) in [5.41, 5.74) is 0. The van der Waals surface area contributed by atoms with Crippen LogP contribution in [0.15, 0.2) is 0 Å². The molecular weight excluding hydrogens is 224 g/mol. The zero-order chi connectivity index (χ0) is 11.6. The number of esters is 2. The second kappa shape index (κ2) is 12.9. The molecule has 0 heterocycles. The molecule has 0 aromatic carbocycles. The summed E-state index contributed by atoms with van der Waals surface area (Å²) in [7, 11) is 0. The van der Waals surface area contributed by atoms with Crippen LogP contribution < -0.4 is 0 Å². The Hall–Kier alpha value is -1.10. The number of hydrogen-bond acceptors (Lipinski definition) is 4. The van der Waals surface area contributed by atoms with Crippen molar-refractivity contribution in [2.45, 2.75) is 40.0 Å². The van der Waals surface area contributed by atoms with Crippen molar-refractivity contribution in [2.75, 3.05) is 0 Å². The van der Waals surface area contributed by atoms with Gasteiger partial charge in [0.15, 0.2) is 0 Å². The average Bonchev–Trinajstić information content (AvgIpc) is 2.18. The monoisotopic (exact) mass is 240 g/mol. The van der Waals surface area contributed by atoms with E-state index in [0.29, 0.717) is 0 Å². The Morgan fingerprint density at radius 3 is 1.33 bits per heavy atom. The zero-order valence-electron chi connectivity index (χ0n) is 9.11. The van der Waals surface area contributed by atoms with Gasteiger partial charge in [0.2, 0.25) is 0 Å². The van der Waals surface area contributed by atoms with Crippen LogP contribution in [0.3, 0.4) is 0 Å². The highest BCUT2D eigenvalue weighted by atomic mass is 35.5. The van der Waals surface area contributed by atoms with Gasteiger partial charge >= 0.3 is 17.9 Å². The Morgan fingerprint density at radius 1 is 0.933 bits per heavy atom. The Morgan fingerprint density at radius 2 is 1.20 bits per heavy atom. The van der Waals surface area contributed by atoms with Crippen molar-refractivity contribution in [1.82, 2.24) is 0 Å². The van der Waals surface area contributed by atoms with Crippen LogP contribution in [-0.2, 0) is 19.1 Å². The molecule has 0 fully saturated rings. The summed E-state index contributed by atoms with van der Waals surface area (Å²) in [5, 5.41) is 7.72. The van der Waals surface area contributed by atoms with Gasteiger partial charge in [-0.15, -0.1) is 12.4 Å². The standard InChI is InChI=1S/C6H10O3.C3H6O2.ClH/c1-3-5(7)9-6(8)4-2;1-2-3(4)5;/h3-4H2,1-2H3;2H2,1H3,(H,4,5);1H. The van der Waals surface area contributed by atoms with Crippen molar-refractivity contribution in [1.29, 1.82) is 0 Å². The van der Waals surface area contributed by atoms with Gasteiger partial charge in [-0.1, -0.05) is 20.8 Å². The van der Waals surface area contributed by atoms with Gasteiger partial charge in [-0.25, -0.2) is 0 Å². The lowest BCUT2D eigenvalue weighted by Crippen LogP contribution is -2.09. The predicted molar refractivity (Wildman–Crippen MR) is 56.9 cm³/mol. The number of hydrogen-bond donors (Lipinski definition) is 1. The molecule has 0 amide bonds. The van der Waals surface area contributed by atoms with E-state index in [1.165, 1.54) is 0 Å². The number of carbonyl (C=O) groups excluding carboxylic acids is 2. The fraction of sp³-hybridized carbons (Fsp3) is 0.667. The molecule has 1 N–H and O–H groups in total. The minimum Gasteiger partial charge on any atom is -0.481 e. The fourth-order valence-corrected chi connectivity index (χ4v) is 0.271. The van der Waals surface area contributed by atoms with Crippen molar-refractivity contribution >= 4 is 30.3 Å². The van der Waals surface area contributed by atoms with Gasteiger partial charge < -0.3 is 9.84 Å². The van der Waals surface area contributed by atoms with Crippen LogP contribution in [0.2, 0.25) is 0 Å². The van der Waals surface area contributed by atoms with Crippen LogP contribution in [0.5, 0.6) is 0 Å². The van der Waals surface area contributed by atoms with E-state index in [-0.39, 0.29) is 31.7 Å². The molecule has 0 aliphatic heterocycles. The molecule has 0 unspecified atom stereocenters. The van der Waals surface area contributed by atoms with Crippen molar-refractivity contribution in [3.8, 4) is 0 Å². The van der Waals surface area contributed by atoms with Gasteiger partial charge in [0, 0.05) is 19.3 Å². The summed E-state index contributed by atoms with van der Waals surface area (Å²) >= 11 is 0. The highest BCUT2D eigenvalue weighted by Crippen LogP contribution is 1.88. The summed E-state index contributed by atoms with van der Waals surface area (Å²) in [6.07, 6.45) is 0.734. The average molecular weight is 241 g/mol. The molecule has 0 rings (SSSR count). The Bertz CT molecular complexity index is 189. The maximum absolute atomic E-state index is 10.3. The van der Waals surface area contributed by atoms with Crippen molar-refractivity contribution in [3.05, 3.63) is 0 Å². The molecular formula is C9H17ClO5. The molecule has 15 heavy (non-hydrogen) atoms. The van der Waals surface area contributed by atoms with E-state index in [9.17, 15) is 14.4 Å². The maximum Gasteiger partial charge on any atom is 0.313 e. The molecule has 0 bridgehead atoms. The van der Waals surface area contributed by atoms with E-state index in [4.69, 9.17) is 5.11 Å². The van der Waals surface area contributed by atoms with Gasteiger partial charge in [0.1, 0.15) is 0 Å². The minimum absolute atomic E-state index is 0. The third-order valence-corrected chi connectivity index (χ3v) is 1.11. The molecule has 0 saturated heterocycles. The van der Waals surface area contributed by atoms with Gasteiger partial charge in [0.05, 0.1) is 0 Å². The summed E-state index contributed by atoms with van der Waals surface area (Å²) in [6, 6.07) is 0. The molecule has 0 aliphatic rings. The molecule has 0 aromatic heterocycles. The number of carboxylic acids is 1. The second-order valence-electron chi connectivity index (χ2n) is 2.30. The number of carboxylic acid groups (broad SMARTS) is 1. The lowest BCUT2D eigenvalue weighted by atomic mass is 10.5. The van der Waals surface area contributed by atoms with Crippen LogP contribution in [-0.4, -0.2) is 23.0 Å². The maximum atomic E-state index is 10.3. The van der Waals surface area contributed by atoms with Gasteiger partial charge in [0.25, 0.3) is 0 Å². The number of ether oxygens (including phenoxy) is 1. The van der Waals surface area contributed by atoms with Gasteiger partial charge in [-0.3, -0.25) is 14.4 Å². The van der Waals surface area contributed by atoms with E-state index in [2.05, 4.69) is 4.74 Å². The summed E-state index contributed by atoms with van der Waals surface area (Å²) in [5.74, 6) is -1.66. The number of carbonyl (C=O) groups is 3.